The van der Waals surface area contributed by atoms with Crippen molar-refractivity contribution >= 4 is 16.8 Å². The molecule has 0 radical (unpaired) electrons. The van der Waals surface area contributed by atoms with Gasteiger partial charge in [-0.2, -0.15) is 0 Å². The van der Waals surface area contributed by atoms with Gasteiger partial charge in [0.15, 0.2) is 0 Å². The van der Waals surface area contributed by atoms with E-state index in [9.17, 15) is 8.78 Å². The normalized spacial score (nSPS) is 12.8. The summed E-state index contributed by atoms with van der Waals surface area (Å²) >= 11 is 0. The molecule has 0 aliphatic heterocycles. The van der Waals surface area contributed by atoms with Crippen molar-refractivity contribution in [3.63, 3.8) is 0 Å². The standard InChI is InChI=1S/C28H21F3/c1-2-3-17-12-23-16-26(30)27(28(31)25(23)13-17)22-7-6-20-14-19(4-5-21(20)15-22)18-8-10-24(29)11-9-18/h4-12,14-16H,2-3,13H2,1H3. The molecule has 0 atom stereocenters. The zero-order valence-corrected chi connectivity index (χ0v) is 17.2. The molecular formula is C28H21F3. The Labute approximate surface area is 179 Å². The lowest BCUT2D eigenvalue weighted by molar-refractivity contribution is 0.581. The van der Waals surface area contributed by atoms with Gasteiger partial charge in [-0.15, -0.1) is 0 Å². The second-order valence-electron chi connectivity index (χ2n) is 8.13. The molecule has 0 fully saturated rings. The smallest absolute Gasteiger partial charge is 0.138 e. The Bertz CT molecular complexity index is 1330. The van der Waals surface area contributed by atoms with Gasteiger partial charge < -0.3 is 0 Å². The average molecular weight is 414 g/mol. The van der Waals surface area contributed by atoms with E-state index in [-0.39, 0.29) is 11.4 Å². The van der Waals surface area contributed by atoms with Crippen LogP contribution >= 0.6 is 0 Å². The molecule has 0 saturated heterocycles. The second-order valence-corrected chi connectivity index (χ2v) is 8.13. The van der Waals surface area contributed by atoms with E-state index in [4.69, 9.17) is 0 Å². The topological polar surface area (TPSA) is 0 Å². The first kappa shape index (κ1) is 19.6. The lowest BCUT2D eigenvalue weighted by atomic mass is 9.95. The number of benzene rings is 4. The van der Waals surface area contributed by atoms with E-state index < -0.39 is 11.6 Å². The van der Waals surface area contributed by atoms with Gasteiger partial charge in [-0.1, -0.05) is 61.4 Å². The SMILES string of the molecule is CCCC1=Cc2cc(F)c(-c3ccc4cc(-c5ccc(F)cc5)ccc4c3)c(F)c2C1. The quantitative estimate of drug-likeness (QED) is 0.315. The predicted molar refractivity (Wildman–Crippen MR) is 121 cm³/mol. The molecule has 0 spiro atoms. The van der Waals surface area contributed by atoms with Crippen molar-refractivity contribution in [3.05, 3.63) is 101 Å². The minimum absolute atomic E-state index is 0.0365. The minimum Gasteiger partial charge on any atom is -0.207 e. The molecule has 0 heterocycles. The van der Waals surface area contributed by atoms with Crippen molar-refractivity contribution in [3.8, 4) is 22.3 Å². The molecule has 4 aromatic carbocycles. The first-order valence-electron chi connectivity index (χ1n) is 10.5. The Morgan fingerprint density at radius 1 is 0.742 bits per heavy atom. The van der Waals surface area contributed by atoms with Crippen molar-refractivity contribution in [2.24, 2.45) is 0 Å². The summed E-state index contributed by atoms with van der Waals surface area (Å²) in [6.07, 6.45) is 4.36. The van der Waals surface area contributed by atoms with Crippen LogP contribution in [0.1, 0.15) is 30.9 Å². The highest BCUT2D eigenvalue weighted by Crippen LogP contribution is 2.38. The van der Waals surface area contributed by atoms with Crippen molar-refractivity contribution in [1.82, 2.24) is 0 Å². The molecular weight excluding hydrogens is 393 g/mol. The lowest BCUT2D eigenvalue weighted by Gasteiger charge is -2.12. The molecule has 0 nitrogen and oxygen atoms in total. The van der Waals surface area contributed by atoms with Crippen LogP contribution in [-0.4, -0.2) is 0 Å². The Hall–Kier alpha value is -3.33. The highest BCUT2D eigenvalue weighted by molar-refractivity contribution is 5.91. The Balaban J connectivity index is 1.54. The summed E-state index contributed by atoms with van der Waals surface area (Å²) < 4.78 is 43.5. The van der Waals surface area contributed by atoms with Gasteiger partial charge in [-0.3, -0.25) is 0 Å². The van der Waals surface area contributed by atoms with Crippen LogP contribution in [0.5, 0.6) is 0 Å². The van der Waals surface area contributed by atoms with Gasteiger partial charge in [0.1, 0.15) is 17.5 Å². The molecule has 4 aromatic rings. The largest absolute Gasteiger partial charge is 0.207 e. The molecule has 154 valence electrons. The molecule has 0 unspecified atom stereocenters. The van der Waals surface area contributed by atoms with E-state index in [1.165, 1.54) is 18.2 Å². The first-order chi connectivity index (χ1) is 15.0. The Morgan fingerprint density at radius 3 is 2.10 bits per heavy atom. The Morgan fingerprint density at radius 2 is 1.39 bits per heavy atom. The van der Waals surface area contributed by atoms with Gasteiger partial charge >= 0.3 is 0 Å². The number of hydrogen-bond acceptors (Lipinski definition) is 0. The van der Waals surface area contributed by atoms with E-state index in [0.29, 0.717) is 23.1 Å². The summed E-state index contributed by atoms with van der Waals surface area (Å²) in [6, 6.07) is 19.1. The summed E-state index contributed by atoms with van der Waals surface area (Å²) in [5.41, 5.74) is 4.85. The van der Waals surface area contributed by atoms with E-state index in [0.717, 1.165) is 40.3 Å². The average Bonchev–Trinajstić information content (AvgIpc) is 3.17. The molecule has 5 rings (SSSR count). The summed E-state index contributed by atoms with van der Waals surface area (Å²) in [5, 5.41) is 1.85. The van der Waals surface area contributed by atoms with E-state index in [1.807, 2.05) is 36.4 Å². The minimum atomic E-state index is -0.535. The van der Waals surface area contributed by atoms with Crippen molar-refractivity contribution in [2.45, 2.75) is 26.2 Å². The van der Waals surface area contributed by atoms with Crippen LogP contribution in [0, 0.1) is 17.5 Å². The summed E-state index contributed by atoms with van der Waals surface area (Å²) in [6.45, 7) is 2.09. The fourth-order valence-electron chi connectivity index (χ4n) is 4.45. The molecule has 0 bridgehead atoms. The summed E-state index contributed by atoms with van der Waals surface area (Å²) in [4.78, 5) is 0. The highest BCUT2D eigenvalue weighted by Gasteiger charge is 2.23. The van der Waals surface area contributed by atoms with Crippen LogP contribution in [0.4, 0.5) is 13.2 Å². The highest BCUT2D eigenvalue weighted by atomic mass is 19.1. The fraction of sp³-hybridized carbons (Fsp3) is 0.143. The molecule has 0 amide bonds. The maximum Gasteiger partial charge on any atom is 0.138 e. The molecule has 31 heavy (non-hydrogen) atoms. The second kappa shape index (κ2) is 7.73. The number of allylic oxidation sites excluding steroid dienone is 1. The van der Waals surface area contributed by atoms with Crippen LogP contribution in [-0.2, 0) is 6.42 Å². The van der Waals surface area contributed by atoms with Crippen LogP contribution in [0.3, 0.4) is 0 Å². The maximum absolute atomic E-state index is 15.3. The summed E-state index contributed by atoms with van der Waals surface area (Å²) in [5.74, 6) is -1.27. The zero-order chi connectivity index (χ0) is 21.5. The van der Waals surface area contributed by atoms with Gasteiger partial charge in [0.05, 0.1) is 5.56 Å². The third-order valence-corrected chi connectivity index (χ3v) is 6.00. The van der Waals surface area contributed by atoms with Crippen LogP contribution in [0.2, 0.25) is 0 Å². The van der Waals surface area contributed by atoms with Gasteiger partial charge in [0.25, 0.3) is 0 Å². The molecule has 1 aliphatic rings. The number of hydrogen-bond donors (Lipinski definition) is 0. The molecule has 0 saturated carbocycles. The van der Waals surface area contributed by atoms with Gasteiger partial charge in [-0.05, 0) is 81.8 Å². The van der Waals surface area contributed by atoms with Crippen molar-refractivity contribution in [1.29, 1.82) is 0 Å². The van der Waals surface area contributed by atoms with Gasteiger partial charge in [-0.25, -0.2) is 13.2 Å². The zero-order valence-electron chi connectivity index (χ0n) is 17.2. The molecule has 0 aromatic heterocycles. The van der Waals surface area contributed by atoms with Crippen molar-refractivity contribution in [2.75, 3.05) is 0 Å². The van der Waals surface area contributed by atoms with Crippen LogP contribution in [0.15, 0.2) is 72.3 Å². The third-order valence-electron chi connectivity index (χ3n) is 6.00. The molecule has 1 aliphatic carbocycles. The molecule has 0 N–H and O–H groups in total. The van der Waals surface area contributed by atoms with E-state index in [2.05, 4.69) is 6.92 Å². The summed E-state index contributed by atoms with van der Waals surface area (Å²) in [7, 11) is 0. The van der Waals surface area contributed by atoms with Gasteiger partial charge in [0.2, 0.25) is 0 Å². The maximum atomic E-state index is 15.3. The predicted octanol–water partition coefficient (Wildman–Crippen LogP) is 8.33. The fourth-order valence-corrected chi connectivity index (χ4v) is 4.45. The molecule has 3 heteroatoms. The first-order valence-corrected chi connectivity index (χ1v) is 10.5. The van der Waals surface area contributed by atoms with E-state index >= 15 is 4.39 Å². The Kier molecular flexibility index (Phi) is 4.90. The third kappa shape index (κ3) is 3.54. The number of rotatable bonds is 4. The van der Waals surface area contributed by atoms with Gasteiger partial charge in [0, 0.05) is 0 Å². The van der Waals surface area contributed by atoms with Crippen molar-refractivity contribution < 1.29 is 13.2 Å². The monoisotopic (exact) mass is 414 g/mol. The number of fused-ring (bicyclic) bond motifs is 2. The number of halogens is 3. The lowest BCUT2D eigenvalue weighted by Crippen LogP contribution is -1.98. The van der Waals surface area contributed by atoms with Crippen LogP contribution < -0.4 is 0 Å². The van der Waals surface area contributed by atoms with Crippen LogP contribution in [0.25, 0.3) is 39.1 Å². The van der Waals surface area contributed by atoms with E-state index in [1.54, 1.807) is 18.2 Å².